The maximum atomic E-state index is 5.42. The minimum atomic E-state index is 0.287. The summed E-state index contributed by atoms with van der Waals surface area (Å²) in [6, 6.07) is 3.88. The van der Waals surface area contributed by atoms with E-state index in [1.165, 1.54) is 0 Å². The molecule has 1 aromatic carbocycles. The Morgan fingerprint density at radius 2 is 2.31 bits per heavy atom. The summed E-state index contributed by atoms with van der Waals surface area (Å²) in [5.41, 5.74) is 0. The lowest BCUT2D eigenvalue weighted by Crippen LogP contribution is -1.95. The van der Waals surface area contributed by atoms with Crippen LogP contribution in [0, 0.1) is 3.57 Å². The quantitative estimate of drug-likeness (QED) is 0.784. The third-order valence-electron chi connectivity index (χ3n) is 1.70. The molecule has 0 atom stereocenters. The number of hydrogen-bond acceptors (Lipinski definition) is 3. The van der Waals surface area contributed by atoms with Crippen LogP contribution in [-0.2, 0) is 0 Å². The first-order valence-corrected chi connectivity index (χ1v) is 5.11. The fourth-order valence-electron chi connectivity index (χ4n) is 1.21. The Labute approximate surface area is 90.1 Å². The Kier molecular flexibility index (Phi) is 2.48. The molecule has 0 radical (unpaired) electrons. The third-order valence-corrected chi connectivity index (χ3v) is 2.33. The highest BCUT2D eigenvalue weighted by molar-refractivity contribution is 14.1. The van der Waals surface area contributed by atoms with E-state index in [4.69, 9.17) is 14.2 Å². The first-order valence-electron chi connectivity index (χ1n) is 4.03. The number of rotatable bonds is 2. The summed E-state index contributed by atoms with van der Waals surface area (Å²) < 4.78 is 17.1. The molecular weight excluding hydrogens is 283 g/mol. The molecule has 0 aliphatic carbocycles. The van der Waals surface area contributed by atoms with E-state index in [2.05, 4.69) is 22.6 Å². The lowest BCUT2D eigenvalue weighted by atomic mass is 10.3. The van der Waals surface area contributed by atoms with Crippen molar-refractivity contribution in [2.45, 2.75) is 6.92 Å². The van der Waals surface area contributed by atoms with Gasteiger partial charge in [-0.25, -0.2) is 0 Å². The zero-order valence-electron chi connectivity index (χ0n) is 7.17. The second kappa shape index (κ2) is 3.61. The normalized spacial score (nSPS) is 13.1. The van der Waals surface area contributed by atoms with Crippen LogP contribution < -0.4 is 14.2 Å². The highest BCUT2D eigenvalue weighted by Gasteiger charge is 2.19. The maximum Gasteiger partial charge on any atom is 0.231 e. The maximum absolute atomic E-state index is 5.42. The van der Waals surface area contributed by atoms with Gasteiger partial charge in [-0.15, -0.1) is 0 Å². The van der Waals surface area contributed by atoms with E-state index >= 15 is 0 Å². The van der Waals surface area contributed by atoms with Crippen molar-refractivity contribution in [1.29, 1.82) is 0 Å². The summed E-state index contributed by atoms with van der Waals surface area (Å²) in [5.74, 6) is 2.26. The van der Waals surface area contributed by atoms with Gasteiger partial charge in [0.2, 0.25) is 12.5 Å². The molecule has 1 heterocycles. The summed E-state index contributed by atoms with van der Waals surface area (Å²) in [5, 5.41) is 0. The van der Waals surface area contributed by atoms with E-state index < -0.39 is 0 Å². The third kappa shape index (κ3) is 1.67. The van der Waals surface area contributed by atoms with Crippen LogP contribution in [0.15, 0.2) is 12.1 Å². The molecule has 0 N–H and O–H groups in total. The molecule has 70 valence electrons. The van der Waals surface area contributed by atoms with E-state index in [1.54, 1.807) is 0 Å². The van der Waals surface area contributed by atoms with Gasteiger partial charge in [-0.3, -0.25) is 0 Å². The highest BCUT2D eigenvalue weighted by atomic mass is 127. The van der Waals surface area contributed by atoms with Gasteiger partial charge >= 0.3 is 0 Å². The van der Waals surface area contributed by atoms with E-state index in [1.807, 2.05) is 19.1 Å². The van der Waals surface area contributed by atoms with Crippen LogP contribution >= 0.6 is 22.6 Å². The van der Waals surface area contributed by atoms with Gasteiger partial charge in [-0.2, -0.15) is 0 Å². The molecule has 1 aromatic rings. The molecule has 0 spiro atoms. The minimum absolute atomic E-state index is 0.287. The molecule has 1 aliphatic rings. The lowest BCUT2D eigenvalue weighted by molar-refractivity contribution is 0.170. The zero-order chi connectivity index (χ0) is 9.26. The Bertz CT molecular complexity index is 325. The average Bonchev–Trinajstić information content (AvgIpc) is 2.52. The fourth-order valence-corrected chi connectivity index (χ4v) is 1.77. The average molecular weight is 292 g/mol. The van der Waals surface area contributed by atoms with Crippen LogP contribution in [0.2, 0.25) is 0 Å². The molecule has 0 amide bonds. The predicted octanol–water partition coefficient (Wildman–Crippen LogP) is 2.42. The van der Waals surface area contributed by atoms with Gasteiger partial charge in [-0.1, -0.05) is 0 Å². The van der Waals surface area contributed by atoms with Crippen molar-refractivity contribution >= 4 is 22.6 Å². The van der Waals surface area contributed by atoms with Crippen molar-refractivity contribution in [1.82, 2.24) is 0 Å². The Morgan fingerprint density at radius 3 is 3.08 bits per heavy atom. The molecule has 3 nitrogen and oxygen atoms in total. The monoisotopic (exact) mass is 292 g/mol. The first kappa shape index (κ1) is 8.93. The molecule has 2 rings (SSSR count). The summed E-state index contributed by atoms with van der Waals surface area (Å²) in [7, 11) is 0. The molecule has 0 bridgehead atoms. The predicted molar refractivity (Wildman–Crippen MR) is 56.5 cm³/mol. The van der Waals surface area contributed by atoms with Crippen molar-refractivity contribution in [3.8, 4) is 17.2 Å². The summed E-state index contributed by atoms with van der Waals surface area (Å²) >= 11 is 2.22. The molecule has 0 saturated carbocycles. The van der Waals surface area contributed by atoms with Gasteiger partial charge in [0.25, 0.3) is 0 Å². The molecule has 13 heavy (non-hydrogen) atoms. The Morgan fingerprint density at radius 1 is 1.46 bits per heavy atom. The van der Waals surface area contributed by atoms with Crippen molar-refractivity contribution in [2.75, 3.05) is 13.4 Å². The summed E-state index contributed by atoms with van der Waals surface area (Å²) in [6.45, 7) is 2.87. The van der Waals surface area contributed by atoms with Gasteiger partial charge in [0.1, 0.15) is 0 Å². The van der Waals surface area contributed by atoms with Crippen molar-refractivity contribution in [3.05, 3.63) is 15.7 Å². The van der Waals surface area contributed by atoms with Crippen LogP contribution in [0.3, 0.4) is 0 Å². The van der Waals surface area contributed by atoms with E-state index in [9.17, 15) is 0 Å². The molecule has 0 saturated heterocycles. The lowest BCUT2D eigenvalue weighted by Gasteiger charge is -2.06. The summed E-state index contributed by atoms with van der Waals surface area (Å²) in [6.07, 6.45) is 0. The van der Waals surface area contributed by atoms with Gasteiger partial charge in [0.15, 0.2) is 11.5 Å². The molecular formula is C9H9IO3. The van der Waals surface area contributed by atoms with Crippen LogP contribution in [0.25, 0.3) is 0 Å². The number of hydrogen-bond donors (Lipinski definition) is 0. The largest absolute Gasteiger partial charge is 0.490 e. The molecule has 0 unspecified atom stereocenters. The van der Waals surface area contributed by atoms with E-state index in [-0.39, 0.29) is 6.79 Å². The van der Waals surface area contributed by atoms with Crippen LogP contribution in [0.5, 0.6) is 17.2 Å². The van der Waals surface area contributed by atoms with Crippen LogP contribution in [0.1, 0.15) is 6.92 Å². The highest BCUT2D eigenvalue weighted by Crippen LogP contribution is 2.42. The topological polar surface area (TPSA) is 27.7 Å². The van der Waals surface area contributed by atoms with Crippen LogP contribution in [0.4, 0.5) is 0 Å². The van der Waals surface area contributed by atoms with Gasteiger partial charge in [0.05, 0.1) is 6.61 Å². The van der Waals surface area contributed by atoms with Crippen molar-refractivity contribution in [3.63, 3.8) is 0 Å². The van der Waals surface area contributed by atoms with Crippen molar-refractivity contribution < 1.29 is 14.2 Å². The standard InChI is InChI=1S/C9H9IO3/c1-2-11-7-3-6(10)4-8-9(7)13-5-12-8/h3-4H,2,5H2,1H3. The fraction of sp³-hybridized carbons (Fsp3) is 0.333. The van der Waals surface area contributed by atoms with Gasteiger partial charge in [0, 0.05) is 3.57 Å². The Balaban J connectivity index is 2.43. The molecule has 4 heteroatoms. The van der Waals surface area contributed by atoms with Gasteiger partial charge < -0.3 is 14.2 Å². The number of ether oxygens (including phenoxy) is 3. The molecule has 0 fully saturated rings. The van der Waals surface area contributed by atoms with Crippen molar-refractivity contribution in [2.24, 2.45) is 0 Å². The van der Waals surface area contributed by atoms with E-state index in [0.29, 0.717) is 6.61 Å². The second-order valence-corrected chi connectivity index (χ2v) is 3.82. The van der Waals surface area contributed by atoms with E-state index in [0.717, 1.165) is 20.8 Å². The second-order valence-electron chi connectivity index (χ2n) is 2.57. The number of benzene rings is 1. The SMILES string of the molecule is CCOc1cc(I)cc2c1OCO2. The molecule has 1 aliphatic heterocycles. The van der Waals surface area contributed by atoms with Crippen LogP contribution in [-0.4, -0.2) is 13.4 Å². The number of halogens is 1. The Hall–Kier alpha value is -0.650. The number of fused-ring (bicyclic) bond motifs is 1. The minimum Gasteiger partial charge on any atom is -0.490 e. The molecule has 0 aromatic heterocycles. The smallest absolute Gasteiger partial charge is 0.231 e. The summed E-state index contributed by atoms with van der Waals surface area (Å²) in [4.78, 5) is 0. The zero-order valence-corrected chi connectivity index (χ0v) is 9.33. The first-order chi connectivity index (χ1) is 6.31. The van der Waals surface area contributed by atoms with Gasteiger partial charge in [-0.05, 0) is 41.6 Å².